The Labute approximate surface area is 402 Å². The van der Waals surface area contributed by atoms with Crippen LogP contribution >= 0.6 is 23.5 Å². The van der Waals surface area contributed by atoms with Gasteiger partial charge in [0.1, 0.15) is 69.0 Å². The first-order valence-corrected chi connectivity index (χ1v) is 25.1. The zero-order chi connectivity index (χ0) is 44.8. The molecule has 0 spiro atoms. The molecule has 15 rings (SSSR count). The minimum atomic E-state index is -0.274. The molecule has 9 aromatic rings. The fraction of sp³-hybridized carbons (Fsp3) is 0.0357. The summed E-state index contributed by atoms with van der Waals surface area (Å²) in [7, 11) is 0. The van der Waals surface area contributed by atoms with Crippen LogP contribution < -0.4 is 82.5 Å². The smallest absolute Gasteiger partial charge is 0.260 e. The average Bonchev–Trinajstić information content (AvgIpc) is 3.37. The van der Waals surface area contributed by atoms with Gasteiger partial charge in [-0.05, 0) is 106 Å². The van der Waals surface area contributed by atoms with Crippen LogP contribution in [0.5, 0.6) is 69.0 Å². The quantitative estimate of drug-likeness (QED) is 0.125. The van der Waals surface area contributed by atoms with Gasteiger partial charge in [0.25, 0.3) is 20.1 Å². The molecule has 0 bridgehead atoms. The number of hydrogen-bond donors (Lipinski definition) is 0. The normalized spacial score (nSPS) is 13.9. The van der Waals surface area contributed by atoms with E-state index in [-0.39, 0.29) is 20.1 Å². The van der Waals surface area contributed by atoms with E-state index in [1.54, 1.807) is 23.5 Å². The molecule has 0 aliphatic carbocycles. The van der Waals surface area contributed by atoms with E-state index in [4.69, 9.17) is 28.4 Å². The number of rotatable bonds is 5. The van der Waals surface area contributed by atoms with Crippen LogP contribution in [0, 0.1) is 0 Å². The molecular weight excluding hydrogens is 879 g/mol. The Morgan fingerprint density at radius 2 is 0.618 bits per heavy atom. The standard InChI is InChI=1S/C56H34B3NO6S2/c1-67-34-23-50-55-52(25-34)65-44-29-46-40(27-38(44)57(55)36-17-9-11-19-42(36)61-50)59-41-28-39-45(66-53-26-35(68-2)24-51-56(53)58(39)37-18-10-12-20-43(37)62-51)30-47(41)64-49-22-33(21-48(63-46)54(49)59)60(31-13-5-3-6-14-31)32-15-7-4-8-16-32/h3-30H,1-2H3. The zero-order valence-corrected chi connectivity index (χ0v) is 38.2. The lowest BCUT2D eigenvalue weighted by molar-refractivity contribution is 0.447. The third-order valence-corrected chi connectivity index (χ3v) is 15.6. The summed E-state index contributed by atoms with van der Waals surface area (Å²) >= 11 is 3.34. The van der Waals surface area contributed by atoms with Crippen LogP contribution in [0.2, 0.25) is 0 Å². The van der Waals surface area contributed by atoms with Crippen molar-refractivity contribution >= 4 is 110 Å². The first-order chi connectivity index (χ1) is 33.6. The van der Waals surface area contributed by atoms with Crippen molar-refractivity contribution in [1.82, 2.24) is 0 Å². The summed E-state index contributed by atoms with van der Waals surface area (Å²) in [5.41, 5.74) is 12.4. The Balaban J connectivity index is 0.973. The molecule has 0 aromatic heterocycles. The second-order valence-corrected chi connectivity index (χ2v) is 19.5. The predicted molar refractivity (Wildman–Crippen MR) is 278 cm³/mol. The number of anilines is 3. The first-order valence-electron chi connectivity index (χ1n) is 22.7. The Morgan fingerprint density at radius 1 is 0.294 bits per heavy atom. The third-order valence-electron chi connectivity index (χ3n) is 14.2. The molecule has 0 amide bonds. The van der Waals surface area contributed by atoms with Crippen LogP contribution in [0.15, 0.2) is 180 Å². The molecule has 0 saturated carbocycles. The van der Waals surface area contributed by atoms with Crippen molar-refractivity contribution in [1.29, 1.82) is 0 Å². The largest absolute Gasteiger partial charge is 0.458 e. The SMILES string of the molecule is CSc1cc2c3c(c1)Oc1cc4c(cc1B3c1ccccc1O2)B1c2cc3c(cc2Oc2cc(N(c5ccccc5)c5ccccc5)cc(c21)O4)Oc1cc(SC)cc2c1B3c1ccccc1O2. The van der Waals surface area contributed by atoms with Gasteiger partial charge < -0.3 is 33.3 Å². The summed E-state index contributed by atoms with van der Waals surface area (Å²) in [6.45, 7) is -0.525. The minimum absolute atomic E-state index is 0.125. The summed E-state index contributed by atoms with van der Waals surface area (Å²) in [5, 5.41) is 0. The van der Waals surface area contributed by atoms with Crippen molar-refractivity contribution in [3.8, 4) is 69.0 Å². The molecule has 0 unspecified atom stereocenters. The second kappa shape index (κ2) is 14.5. The number of benzene rings is 9. The molecule has 0 saturated heterocycles. The van der Waals surface area contributed by atoms with Crippen molar-refractivity contribution in [2.45, 2.75) is 9.79 Å². The number of fused-ring (bicyclic) bond motifs is 12. The summed E-state index contributed by atoms with van der Waals surface area (Å²) in [6.07, 6.45) is 4.16. The van der Waals surface area contributed by atoms with E-state index >= 15 is 0 Å². The van der Waals surface area contributed by atoms with Crippen molar-refractivity contribution in [2.24, 2.45) is 0 Å². The molecule has 0 atom stereocenters. The van der Waals surface area contributed by atoms with Gasteiger partial charge in [-0.15, -0.1) is 23.5 Å². The highest BCUT2D eigenvalue weighted by atomic mass is 32.2. The van der Waals surface area contributed by atoms with Crippen LogP contribution in [0.3, 0.4) is 0 Å². The summed E-state index contributed by atoms with van der Waals surface area (Å²) in [5.74, 6) is 9.36. The lowest BCUT2D eigenvalue weighted by atomic mass is 9.30. The van der Waals surface area contributed by atoms with Crippen LogP contribution in [0.25, 0.3) is 0 Å². The van der Waals surface area contributed by atoms with Crippen LogP contribution in [-0.4, -0.2) is 32.6 Å². The highest BCUT2D eigenvalue weighted by Gasteiger charge is 2.48. The molecule has 68 heavy (non-hydrogen) atoms. The molecular formula is C56H34B3NO6S2. The van der Waals surface area contributed by atoms with Crippen LogP contribution in [-0.2, 0) is 0 Å². The summed E-state index contributed by atoms with van der Waals surface area (Å²) in [4.78, 5) is 4.39. The van der Waals surface area contributed by atoms with Crippen LogP contribution in [0.1, 0.15) is 0 Å². The van der Waals surface area contributed by atoms with Gasteiger partial charge in [-0.3, -0.25) is 0 Å². The monoisotopic (exact) mass is 913 g/mol. The maximum Gasteiger partial charge on any atom is 0.260 e. The number of nitrogens with zero attached hydrogens (tertiary/aromatic N) is 1. The number of thioether (sulfide) groups is 2. The maximum atomic E-state index is 7.21. The van der Waals surface area contributed by atoms with E-state index in [1.165, 1.54) is 0 Å². The van der Waals surface area contributed by atoms with Gasteiger partial charge in [-0.25, -0.2) is 0 Å². The van der Waals surface area contributed by atoms with Gasteiger partial charge in [0, 0.05) is 61.8 Å². The Hall–Kier alpha value is -7.53. The number of ether oxygens (including phenoxy) is 6. The van der Waals surface area contributed by atoms with E-state index in [0.29, 0.717) is 0 Å². The maximum absolute atomic E-state index is 7.21. The van der Waals surface area contributed by atoms with Crippen LogP contribution in [0.4, 0.5) is 17.1 Å². The van der Waals surface area contributed by atoms with Gasteiger partial charge in [0.2, 0.25) is 0 Å². The predicted octanol–water partition coefficient (Wildman–Crippen LogP) is 8.78. The Bertz CT molecular complexity index is 3440. The van der Waals surface area contributed by atoms with Crippen molar-refractivity contribution < 1.29 is 28.4 Å². The lowest BCUT2D eigenvalue weighted by Crippen LogP contribution is -2.63. The third kappa shape index (κ3) is 5.55. The number of hydrogen-bond acceptors (Lipinski definition) is 9. The van der Waals surface area contributed by atoms with Crippen molar-refractivity contribution in [3.63, 3.8) is 0 Å². The average molecular weight is 913 g/mol. The van der Waals surface area contributed by atoms with E-state index in [1.807, 2.05) is 24.3 Å². The molecule has 6 aliphatic rings. The fourth-order valence-electron chi connectivity index (χ4n) is 11.3. The van der Waals surface area contributed by atoms with Gasteiger partial charge >= 0.3 is 0 Å². The fourth-order valence-corrected chi connectivity index (χ4v) is 12.2. The van der Waals surface area contributed by atoms with Crippen molar-refractivity contribution in [3.05, 3.63) is 170 Å². The minimum Gasteiger partial charge on any atom is -0.458 e. The summed E-state index contributed by atoms with van der Waals surface area (Å²) in [6, 6.07) is 59.3. The van der Waals surface area contributed by atoms with Gasteiger partial charge in [0.05, 0.1) is 5.69 Å². The highest BCUT2D eigenvalue weighted by molar-refractivity contribution is 7.98. The molecule has 12 heteroatoms. The zero-order valence-electron chi connectivity index (χ0n) is 36.6. The topological polar surface area (TPSA) is 58.6 Å². The Morgan fingerprint density at radius 3 is 1.00 bits per heavy atom. The van der Waals surface area contributed by atoms with E-state index in [2.05, 4.69) is 163 Å². The lowest BCUT2D eigenvalue weighted by Gasteiger charge is -2.38. The molecule has 320 valence electrons. The number of para-hydroxylation sites is 4. The highest BCUT2D eigenvalue weighted by Crippen LogP contribution is 2.46. The van der Waals surface area contributed by atoms with Gasteiger partial charge in [-0.2, -0.15) is 0 Å². The van der Waals surface area contributed by atoms with E-state index < -0.39 is 0 Å². The van der Waals surface area contributed by atoms with E-state index in [9.17, 15) is 0 Å². The molecule has 6 heterocycles. The second-order valence-electron chi connectivity index (χ2n) is 17.8. The Kier molecular flexibility index (Phi) is 8.22. The molecule has 0 N–H and O–H groups in total. The molecule has 0 radical (unpaired) electrons. The molecule has 0 fully saturated rings. The van der Waals surface area contributed by atoms with Crippen molar-refractivity contribution in [2.75, 3.05) is 17.4 Å². The summed E-state index contributed by atoms with van der Waals surface area (Å²) < 4.78 is 41.6. The van der Waals surface area contributed by atoms with Gasteiger partial charge in [0.15, 0.2) is 0 Å². The van der Waals surface area contributed by atoms with Gasteiger partial charge in [-0.1, -0.05) is 84.9 Å². The molecule has 6 aliphatic heterocycles. The van der Waals surface area contributed by atoms with E-state index in [0.717, 1.165) is 145 Å². The molecule has 7 nitrogen and oxygen atoms in total. The molecule has 9 aromatic carbocycles. The first kappa shape index (κ1) is 38.6.